The molecule has 0 aliphatic carbocycles. The Kier molecular flexibility index (Phi) is 8.19. The van der Waals surface area contributed by atoms with E-state index in [1.165, 1.54) is 6.42 Å². The van der Waals surface area contributed by atoms with Crippen LogP contribution >= 0.6 is 11.6 Å². The van der Waals surface area contributed by atoms with Crippen LogP contribution in [-0.4, -0.2) is 30.5 Å². The van der Waals surface area contributed by atoms with E-state index in [2.05, 4.69) is 22.1 Å². The molecule has 2 heterocycles. The Hall–Kier alpha value is -1.82. The lowest BCUT2D eigenvalue weighted by molar-refractivity contribution is -0.128. The number of aromatic nitrogens is 1. The Morgan fingerprint density at radius 3 is 2.90 bits per heavy atom. The first-order valence-electron chi connectivity index (χ1n) is 6.91. The number of halogens is 1. The van der Waals surface area contributed by atoms with Gasteiger partial charge in [-0.25, -0.2) is 4.98 Å². The smallest absolute Gasteiger partial charge is 0.293 e. The quantitative estimate of drug-likeness (QED) is 0.644. The fourth-order valence-electron chi connectivity index (χ4n) is 1.69. The summed E-state index contributed by atoms with van der Waals surface area (Å²) >= 11 is 5.90. The summed E-state index contributed by atoms with van der Waals surface area (Å²) in [6, 6.07) is 3.50. The van der Waals surface area contributed by atoms with Gasteiger partial charge in [-0.1, -0.05) is 31.4 Å². The zero-order valence-electron chi connectivity index (χ0n) is 12.0. The molecule has 21 heavy (non-hydrogen) atoms. The highest BCUT2D eigenvalue weighted by Gasteiger charge is 2.20. The number of hydrazine groups is 1. The van der Waals surface area contributed by atoms with Crippen molar-refractivity contribution in [2.75, 3.05) is 18.2 Å². The van der Waals surface area contributed by atoms with Gasteiger partial charge in [0.15, 0.2) is 5.82 Å². The van der Waals surface area contributed by atoms with Gasteiger partial charge in [-0.15, -0.1) is 0 Å². The lowest BCUT2D eigenvalue weighted by atomic mass is 10.3. The second-order valence-electron chi connectivity index (χ2n) is 4.42. The summed E-state index contributed by atoms with van der Waals surface area (Å²) in [5, 5.41) is 2.20. The minimum absolute atomic E-state index is 0.00159. The molecule has 0 radical (unpaired) electrons. The number of amides is 1. The minimum atomic E-state index is 0.00159. The highest BCUT2D eigenvalue weighted by molar-refractivity contribution is 6.32. The fraction of sp³-hybridized carbons (Fsp3) is 0.500. The number of nitrogens with zero attached hydrogens (tertiary/aromatic N) is 2. The average molecular weight is 314 g/mol. The first-order chi connectivity index (χ1) is 10.2. The maximum Gasteiger partial charge on any atom is 0.293 e. The summed E-state index contributed by atoms with van der Waals surface area (Å²) in [4.78, 5) is 24.5. The number of nitrogens with one attached hydrogen (secondary N) is 1. The summed E-state index contributed by atoms with van der Waals surface area (Å²) < 4.78 is 4.46. The highest BCUT2D eigenvalue weighted by atomic mass is 35.5. The van der Waals surface area contributed by atoms with Crippen LogP contribution in [0.2, 0.25) is 5.02 Å². The number of rotatable bonds is 6. The van der Waals surface area contributed by atoms with E-state index in [1.807, 2.05) is 0 Å². The first-order valence-corrected chi connectivity index (χ1v) is 7.29. The van der Waals surface area contributed by atoms with Gasteiger partial charge >= 0.3 is 0 Å². The molecule has 1 N–H and O–H groups in total. The monoisotopic (exact) mass is 313 g/mol. The van der Waals surface area contributed by atoms with E-state index in [0.29, 0.717) is 36.9 Å². The molecular formula is C14H20ClN3O3. The van der Waals surface area contributed by atoms with Gasteiger partial charge in [0, 0.05) is 12.6 Å². The van der Waals surface area contributed by atoms with E-state index in [9.17, 15) is 9.59 Å². The first kappa shape index (κ1) is 17.2. The third-order valence-corrected chi connectivity index (χ3v) is 3.05. The van der Waals surface area contributed by atoms with E-state index in [-0.39, 0.29) is 5.91 Å². The molecule has 116 valence electrons. The van der Waals surface area contributed by atoms with Crippen molar-refractivity contribution in [2.45, 2.75) is 32.6 Å². The van der Waals surface area contributed by atoms with Crippen molar-refractivity contribution < 1.29 is 14.3 Å². The van der Waals surface area contributed by atoms with Crippen LogP contribution in [0.4, 0.5) is 5.82 Å². The van der Waals surface area contributed by atoms with Gasteiger partial charge < -0.3 is 4.74 Å². The van der Waals surface area contributed by atoms with Crippen molar-refractivity contribution in [3.8, 4) is 0 Å². The maximum absolute atomic E-state index is 10.9. The van der Waals surface area contributed by atoms with Gasteiger partial charge in [-0.3, -0.25) is 20.0 Å². The number of hydrogen-bond acceptors (Lipinski definition) is 5. The summed E-state index contributed by atoms with van der Waals surface area (Å²) in [7, 11) is 0. The Morgan fingerprint density at radius 2 is 2.33 bits per heavy atom. The summed E-state index contributed by atoms with van der Waals surface area (Å²) in [5.41, 5.74) is 2.66. The third kappa shape index (κ3) is 6.44. The topological polar surface area (TPSA) is 71.5 Å². The Bertz CT molecular complexity index is 457. The predicted molar refractivity (Wildman–Crippen MR) is 80.9 cm³/mol. The molecule has 1 amide bonds. The van der Waals surface area contributed by atoms with Crippen LogP contribution in [0, 0.1) is 0 Å². The normalized spacial score (nSPS) is 13.2. The van der Waals surface area contributed by atoms with E-state index in [4.69, 9.17) is 11.6 Å². The van der Waals surface area contributed by atoms with E-state index < -0.39 is 0 Å². The lowest BCUT2D eigenvalue weighted by Crippen LogP contribution is -2.33. The molecule has 0 unspecified atom stereocenters. The van der Waals surface area contributed by atoms with Gasteiger partial charge in [0.05, 0.1) is 18.2 Å². The number of pyridine rings is 1. The maximum atomic E-state index is 10.9. The molecule has 1 saturated heterocycles. The van der Waals surface area contributed by atoms with Gasteiger partial charge in [0.1, 0.15) is 0 Å². The van der Waals surface area contributed by atoms with Crippen LogP contribution in [0.15, 0.2) is 18.3 Å². The number of hydrogen-bond donors (Lipinski definition) is 1. The van der Waals surface area contributed by atoms with Crippen LogP contribution in [0.3, 0.4) is 0 Å². The molecule has 0 atom stereocenters. The van der Waals surface area contributed by atoms with Crippen molar-refractivity contribution in [1.29, 1.82) is 0 Å². The van der Waals surface area contributed by atoms with Gasteiger partial charge in [-0.2, -0.15) is 0 Å². The van der Waals surface area contributed by atoms with E-state index in [1.54, 1.807) is 23.3 Å². The van der Waals surface area contributed by atoms with Crippen LogP contribution in [-0.2, 0) is 14.3 Å². The molecule has 0 bridgehead atoms. The largest absolute Gasteiger partial charge is 0.468 e. The van der Waals surface area contributed by atoms with Crippen LogP contribution in [0.25, 0.3) is 0 Å². The molecule has 0 saturated carbocycles. The van der Waals surface area contributed by atoms with Gasteiger partial charge in [0.25, 0.3) is 6.47 Å². The highest BCUT2D eigenvalue weighted by Crippen LogP contribution is 2.22. The van der Waals surface area contributed by atoms with Crippen LogP contribution < -0.4 is 10.4 Å². The van der Waals surface area contributed by atoms with Gasteiger partial charge in [-0.05, 0) is 18.6 Å². The third-order valence-electron chi connectivity index (χ3n) is 2.75. The zero-order valence-corrected chi connectivity index (χ0v) is 12.8. The SMILES string of the molecule is CCCCCOC=O.O=C1CCN(c2ncccc2Cl)N1. The summed E-state index contributed by atoms with van der Waals surface area (Å²) in [5.74, 6) is 0.608. The van der Waals surface area contributed by atoms with Crippen LogP contribution in [0.5, 0.6) is 0 Å². The molecule has 1 aliphatic heterocycles. The molecule has 2 rings (SSSR count). The van der Waals surface area contributed by atoms with Crippen molar-refractivity contribution in [1.82, 2.24) is 10.4 Å². The van der Waals surface area contributed by atoms with E-state index in [0.717, 1.165) is 12.8 Å². The summed E-state index contributed by atoms with van der Waals surface area (Å²) in [6.45, 7) is 3.81. The molecule has 1 aromatic rings. The second-order valence-corrected chi connectivity index (χ2v) is 4.83. The lowest BCUT2D eigenvalue weighted by Gasteiger charge is -2.16. The van der Waals surface area contributed by atoms with Crippen LogP contribution in [0.1, 0.15) is 32.6 Å². The van der Waals surface area contributed by atoms with Crippen molar-refractivity contribution >= 4 is 29.8 Å². The number of carbonyl (C=O) groups excluding carboxylic acids is 2. The molecule has 6 nitrogen and oxygen atoms in total. The van der Waals surface area contributed by atoms with Crippen molar-refractivity contribution in [3.05, 3.63) is 23.4 Å². The van der Waals surface area contributed by atoms with Crippen molar-refractivity contribution in [3.63, 3.8) is 0 Å². The standard InChI is InChI=1S/C8H8ClN3O.C6H12O2/c9-6-2-1-4-10-8(6)12-5-3-7(13)11-12;1-2-3-4-5-8-6-7/h1-2,4H,3,5H2,(H,11,13);6H,2-5H2,1H3. The van der Waals surface area contributed by atoms with E-state index >= 15 is 0 Å². The Morgan fingerprint density at radius 1 is 1.52 bits per heavy atom. The summed E-state index contributed by atoms with van der Waals surface area (Å²) in [6.07, 6.45) is 5.45. The van der Waals surface area contributed by atoms with Crippen molar-refractivity contribution in [2.24, 2.45) is 0 Å². The van der Waals surface area contributed by atoms with Gasteiger partial charge in [0.2, 0.25) is 5.91 Å². The molecule has 1 aromatic heterocycles. The fourth-order valence-corrected chi connectivity index (χ4v) is 1.92. The zero-order chi connectivity index (χ0) is 15.5. The molecule has 0 aromatic carbocycles. The number of ether oxygens (including phenoxy) is 1. The molecule has 1 aliphatic rings. The molecule has 1 fully saturated rings. The number of carbonyl (C=O) groups is 2. The predicted octanol–water partition coefficient (Wildman–Crippen LogP) is 2.33. The second kappa shape index (κ2) is 9.99. The number of anilines is 1. The molecule has 7 heteroatoms. The number of unbranched alkanes of at least 4 members (excludes halogenated alkanes) is 2. The average Bonchev–Trinajstić information content (AvgIpc) is 2.91. The Balaban J connectivity index is 0.000000240. The Labute approximate surface area is 129 Å². The molecule has 0 spiro atoms. The minimum Gasteiger partial charge on any atom is -0.468 e. The molecular weight excluding hydrogens is 294 g/mol.